The zero-order valence-electron chi connectivity index (χ0n) is 22.5. The number of nitro benzene ring substituents is 1. The molecule has 0 saturated carbocycles. The van der Waals surface area contributed by atoms with E-state index in [4.69, 9.17) is 27.9 Å². The molecule has 0 fully saturated rings. The van der Waals surface area contributed by atoms with Crippen LogP contribution in [0.25, 0.3) is 10.9 Å². The number of aromatic amines is 1. The summed E-state index contributed by atoms with van der Waals surface area (Å²) in [6.07, 6.45) is 3.06. The van der Waals surface area contributed by atoms with E-state index in [0.717, 1.165) is 22.0 Å². The number of halogens is 2. The molecule has 41 heavy (non-hydrogen) atoms. The number of H-pyrrole nitrogens is 1. The van der Waals surface area contributed by atoms with Crippen LogP contribution >= 0.6 is 23.2 Å². The predicted octanol–water partition coefficient (Wildman–Crippen LogP) is 6.13. The van der Waals surface area contributed by atoms with Crippen LogP contribution in [0.4, 0.5) is 5.69 Å². The maximum absolute atomic E-state index is 13.8. The van der Waals surface area contributed by atoms with Gasteiger partial charge in [0.25, 0.3) is 11.6 Å². The molecule has 1 N–H and O–H groups in total. The summed E-state index contributed by atoms with van der Waals surface area (Å²) in [5.74, 6) is -0.640. The molecular weight excluding hydrogens is 567 g/mol. The van der Waals surface area contributed by atoms with E-state index in [-0.39, 0.29) is 36.8 Å². The van der Waals surface area contributed by atoms with E-state index in [1.807, 2.05) is 36.5 Å². The third-order valence-electron chi connectivity index (χ3n) is 6.75. The number of carbonyl (C=O) groups excluding carboxylic acids is 2. The highest BCUT2D eigenvalue weighted by Gasteiger charge is 2.23. The van der Waals surface area contributed by atoms with Crippen LogP contribution in [0.1, 0.15) is 27.9 Å². The standard InChI is InChI=1S/C30H30Cl2N4O5/c1-41-16-4-14-35(30(38)22-8-10-24(11-9-22)36(39)40)20-29(37)34(19-21-7-12-26(31)27(32)17-21)15-13-23-18-33-28-6-3-2-5-25(23)28/h2-3,5-12,17-18,33H,4,13-16,19-20H2,1H3. The Labute approximate surface area is 247 Å². The molecule has 1 heterocycles. The smallest absolute Gasteiger partial charge is 0.269 e. The first-order chi connectivity index (χ1) is 19.8. The molecule has 3 aromatic carbocycles. The fourth-order valence-electron chi connectivity index (χ4n) is 4.57. The van der Waals surface area contributed by atoms with Crippen molar-refractivity contribution in [2.45, 2.75) is 19.4 Å². The Bertz CT molecular complexity index is 1520. The van der Waals surface area contributed by atoms with E-state index in [1.165, 1.54) is 29.2 Å². The van der Waals surface area contributed by atoms with Gasteiger partial charge < -0.3 is 19.5 Å². The second-order valence-electron chi connectivity index (χ2n) is 9.55. The molecule has 4 rings (SSSR count). The molecule has 0 spiro atoms. The number of carbonyl (C=O) groups is 2. The largest absolute Gasteiger partial charge is 0.385 e. The summed E-state index contributed by atoms with van der Waals surface area (Å²) in [6, 6.07) is 18.6. The van der Waals surface area contributed by atoms with Gasteiger partial charge in [0.1, 0.15) is 6.54 Å². The number of fused-ring (bicyclic) bond motifs is 1. The molecule has 2 amide bonds. The molecule has 4 aromatic rings. The van der Waals surface area contributed by atoms with Crippen molar-refractivity contribution in [1.82, 2.24) is 14.8 Å². The molecule has 0 radical (unpaired) electrons. The number of para-hydroxylation sites is 1. The molecule has 214 valence electrons. The summed E-state index contributed by atoms with van der Waals surface area (Å²) < 4.78 is 5.15. The van der Waals surface area contributed by atoms with Gasteiger partial charge in [0.2, 0.25) is 5.91 Å². The molecule has 0 aliphatic rings. The van der Waals surface area contributed by atoms with Crippen molar-refractivity contribution < 1.29 is 19.2 Å². The lowest BCUT2D eigenvalue weighted by molar-refractivity contribution is -0.384. The fraction of sp³-hybridized carbons (Fsp3) is 0.267. The zero-order valence-corrected chi connectivity index (χ0v) is 24.0. The number of hydrogen-bond acceptors (Lipinski definition) is 5. The zero-order chi connectivity index (χ0) is 29.4. The van der Waals surface area contributed by atoms with Gasteiger partial charge in [0.15, 0.2) is 0 Å². The number of hydrogen-bond donors (Lipinski definition) is 1. The van der Waals surface area contributed by atoms with Crippen molar-refractivity contribution in [3.05, 3.63) is 110 Å². The van der Waals surface area contributed by atoms with Gasteiger partial charge in [-0.25, -0.2) is 0 Å². The Morgan fingerprint density at radius 2 is 1.73 bits per heavy atom. The molecule has 9 nitrogen and oxygen atoms in total. The van der Waals surface area contributed by atoms with Crippen LogP contribution in [-0.2, 0) is 22.5 Å². The molecule has 0 saturated heterocycles. The quantitative estimate of drug-likeness (QED) is 0.113. The van der Waals surface area contributed by atoms with E-state index in [9.17, 15) is 19.7 Å². The van der Waals surface area contributed by atoms with E-state index in [0.29, 0.717) is 36.0 Å². The predicted molar refractivity (Wildman–Crippen MR) is 159 cm³/mol. The lowest BCUT2D eigenvalue weighted by Gasteiger charge is -2.28. The highest BCUT2D eigenvalue weighted by atomic mass is 35.5. The van der Waals surface area contributed by atoms with Crippen LogP contribution in [0.3, 0.4) is 0 Å². The maximum atomic E-state index is 13.8. The lowest BCUT2D eigenvalue weighted by Crippen LogP contribution is -2.44. The monoisotopic (exact) mass is 596 g/mol. The summed E-state index contributed by atoms with van der Waals surface area (Å²) in [6.45, 7) is 1.19. The second kappa shape index (κ2) is 14.1. The van der Waals surface area contributed by atoms with E-state index >= 15 is 0 Å². The molecule has 0 unspecified atom stereocenters. The fourth-order valence-corrected chi connectivity index (χ4v) is 4.89. The summed E-state index contributed by atoms with van der Waals surface area (Å²) in [5.41, 5.74) is 3.04. The number of ether oxygens (including phenoxy) is 1. The van der Waals surface area contributed by atoms with Gasteiger partial charge in [0, 0.05) is 68.1 Å². The molecule has 0 aliphatic heterocycles. The number of non-ortho nitro benzene ring substituents is 1. The number of nitro groups is 1. The van der Waals surface area contributed by atoms with Crippen LogP contribution < -0.4 is 0 Å². The van der Waals surface area contributed by atoms with E-state index in [2.05, 4.69) is 4.98 Å². The lowest BCUT2D eigenvalue weighted by atomic mass is 10.1. The Morgan fingerprint density at radius 1 is 0.976 bits per heavy atom. The Hall–Kier alpha value is -3.92. The SMILES string of the molecule is COCCCN(CC(=O)N(CCc1c[nH]c2ccccc12)Cc1ccc(Cl)c(Cl)c1)C(=O)c1ccc([N+](=O)[O-])cc1. The number of amides is 2. The molecule has 0 atom stereocenters. The summed E-state index contributed by atoms with van der Waals surface area (Å²) in [7, 11) is 1.57. The minimum absolute atomic E-state index is 0.117. The van der Waals surface area contributed by atoms with Crippen molar-refractivity contribution in [1.29, 1.82) is 0 Å². The van der Waals surface area contributed by atoms with Crippen LogP contribution in [-0.4, -0.2) is 64.9 Å². The van der Waals surface area contributed by atoms with Gasteiger partial charge in [0.05, 0.1) is 15.0 Å². The highest BCUT2D eigenvalue weighted by Crippen LogP contribution is 2.24. The summed E-state index contributed by atoms with van der Waals surface area (Å²) in [5, 5.41) is 12.9. The van der Waals surface area contributed by atoms with Crippen LogP contribution in [0.2, 0.25) is 10.0 Å². The molecular formula is C30H30Cl2N4O5. The maximum Gasteiger partial charge on any atom is 0.269 e. The minimum atomic E-state index is -0.525. The minimum Gasteiger partial charge on any atom is -0.385 e. The topological polar surface area (TPSA) is 109 Å². The first-order valence-corrected chi connectivity index (χ1v) is 13.8. The van der Waals surface area contributed by atoms with Gasteiger partial charge in [-0.05, 0) is 54.3 Å². The van der Waals surface area contributed by atoms with E-state index < -0.39 is 10.8 Å². The second-order valence-corrected chi connectivity index (χ2v) is 10.4. The third kappa shape index (κ3) is 7.85. The third-order valence-corrected chi connectivity index (χ3v) is 7.49. The molecule has 1 aromatic heterocycles. The van der Waals surface area contributed by atoms with Gasteiger partial charge in [-0.15, -0.1) is 0 Å². The summed E-state index contributed by atoms with van der Waals surface area (Å²) in [4.78, 5) is 44.2. The number of aromatic nitrogens is 1. The van der Waals surface area contributed by atoms with Crippen LogP contribution in [0, 0.1) is 10.1 Å². The van der Waals surface area contributed by atoms with Gasteiger partial charge in [-0.3, -0.25) is 19.7 Å². The van der Waals surface area contributed by atoms with Crippen molar-refractivity contribution in [2.75, 3.05) is 33.4 Å². The van der Waals surface area contributed by atoms with Crippen molar-refractivity contribution >= 4 is 51.6 Å². The number of rotatable bonds is 13. The molecule has 0 aliphatic carbocycles. The van der Waals surface area contributed by atoms with Crippen molar-refractivity contribution in [3.63, 3.8) is 0 Å². The van der Waals surface area contributed by atoms with Gasteiger partial charge >= 0.3 is 0 Å². The average Bonchev–Trinajstić information content (AvgIpc) is 3.39. The number of nitrogens with one attached hydrogen (secondary N) is 1. The normalized spacial score (nSPS) is 11.0. The number of benzene rings is 3. The van der Waals surface area contributed by atoms with Crippen LogP contribution in [0.15, 0.2) is 72.9 Å². The average molecular weight is 597 g/mol. The Kier molecular flexibility index (Phi) is 10.3. The van der Waals surface area contributed by atoms with Crippen molar-refractivity contribution in [3.8, 4) is 0 Å². The number of methoxy groups -OCH3 is 1. The first kappa shape index (κ1) is 30.0. The van der Waals surface area contributed by atoms with E-state index in [1.54, 1.807) is 24.1 Å². The Balaban J connectivity index is 1.56. The highest BCUT2D eigenvalue weighted by molar-refractivity contribution is 6.42. The Morgan fingerprint density at radius 3 is 2.44 bits per heavy atom. The molecule has 11 heteroatoms. The van der Waals surface area contributed by atoms with Crippen molar-refractivity contribution in [2.24, 2.45) is 0 Å². The van der Waals surface area contributed by atoms with Gasteiger partial charge in [-0.2, -0.15) is 0 Å². The first-order valence-electron chi connectivity index (χ1n) is 13.1. The number of nitrogens with zero attached hydrogens (tertiary/aromatic N) is 3. The summed E-state index contributed by atoms with van der Waals surface area (Å²) >= 11 is 12.4. The van der Waals surface area contributed by atoms with Crippen LogP contribution in [0.5, 0.6) is 0 Å². The van der Waals surface area contributed by atoms with Gasteiger partial charge in [-0.1, -0.05) is 47.5 Å². The molecule has 0 bridgehead atoms.